The number of carbonyl (C=O) groups excluding carboxylic acids is 1. The average Bonchev–Trinajstić information content (AvgIpc) is 3.23. The van der Waals surface area contributed by atoms with E-state index in [0.717, 1.165) is 41.8 Å². The molecular formula is C25H28N2O3S. The molecule has 31 heavy (non-hydrogen) atoms. The van der Waals surface area contributed by atoms with Crippen molar-refractivity contribution < 1.29 is 14.3 Å². The van der Waals surface area contributed by atoms with Gasteiger partial charge in [-0.2, -0.15) is 11.8 Å². The third-order valence-corrected chi connectivity index (χ3v) is 6.77. The summed E-state index contributed by atoms with van der Waals surface area (Å²) in [5.41, 5.74) is 5.35. The Morgan fingerprint density at radius 3 is 2.81 bits per heavy atom. The number of ether oxygens (including phenoxy) is 2. The third kappa shape index (κ3) is 4.97. The van der Waals surface area contributed by atoms with Crippen LogP contribution >= 0.6 is 11.8 Å². The van der Waals surface area contributed by atoms with E-state index >= 15 is 0 Å². The largest absolute Gasteiger partial charge is 0.496 e. The Hall–Kier alpha value is -2.70. The van der Waals surface area contributed by atoms with Gasteiger partial charge < -0.3 is 19.8 Å². The molecule has 2 aromatic carbocycles. The fourth-order valence-electron chi connectivity index (χ4n) is 4.03. The molecule has 3 aromatic rings. The van der Waals surface area contributed by atoms with Crippen molar-refractivity contribution in [2.45, 2.75) is 24.6 Å². The number of rotatable bonds is 8. The van der Waals surface area contributed by atoms with Crippen molar-refractivity contribution >= 4 is 34.2 Å². The smallest absolute Gasteiger partial charge is 0.341 e. The Balaban J connectivity index is 1.34. The van der Waals surface area contributed by atoms with Gasteiger partial charge in [-0.1, -0.05) is 36.4 Å². The van der Waals surface area contributed by atoms with Crippen LogP contribution in [0.1, 0.15) is 34.3 Å². The molecule has 1 aliphatic heterocycles. The van der Waals surface area contributed by atoms with Gasteiger partial charge >= 0.3 is 5.97 Å². The molecule has 0 aliphatic carbocycles. The number of nitrogens with one attached hydrogen (secondary N) is 2. The quantitative estimate of drug-likeness (QED) is 0.383. The van der Waals surface area contributed by atoms with Gasteiger partial charge in [-0.25, -0.2) is 4.79 Å². The van der Waals surface area contributed by atoms with Gasteiger partial charge in [0.05, 0.1) is 14.2 Å². The first-order chi connectivity index (χ1) is 15.2. The number of carbonyl (C=O) groups is 1. The SMILES string of the molecule is COC(=O)c1cc2[nH]cc(CSCCC3CC(c4ccccc4)=CCN3)c2cc1OC. The summed E-state index contributed by atoms with van der Waals surface area (Å²) in [6.45, 7) is 0.935. The van der Waals surface area contributed by atoms with Crippen LogP contribution in [0.2, 0.25) is 0 Å². The van der Waals surface area contributed by atoms with E-state index in [1.54, 1.807) is 13.2 Å². The van der Waals surface area contributed by atoms with Gasteiger partial charge in [0.2, 0.25) is 0 Å². The predicted octanol–water partition coefficient (Wildman–Crippen LogP) is 5.03. The van der Waals surface area contributed by atoms with E-state index in [1.165, 1.54) is 23.8 Å². The molecule has 1 aliphatic rings. The maximum Gasteiger partial charge on any atom is 0.341 e. The first-order valence-corrected chi connectivity index (χ1v) is 11.7. The number of H-pyrrole nitrogens is 1. The normalized spacial score (nSPS) is 16.2. The van der Waals surface area contributed by atoms with E-state index in [2.05, 4.69) is 46.7 Å². The molecule has 0 radical (unpaired) electrons. The van der Waals surface area contributed by atoms with E-state index in [-0.39, 0.29) is 0 Å². The van der Waals surface area contributed by atoms with Crippen molar-refractivity contribution in [3.8, 4) is 5.75 Å². The fourth-order valence-corrected chi connectivity index (χ4v) is 5.09. The number of benzene rings is 2. The summed E-state index contributed by atoms with van der Waals surface area (Å²) in [5, 5.41) is 4.71. The summed E-state index contributed by atoms with van der Waals surface area (Å²) < 4.78 is 10.3. The number of methoxy groups -OCH3 is 2. The average molecular weight is 437 g/mol. The molecule has 0 fully saturated rings. The Labute approximate surface area is 187 Å². The van der Waals surface area contributed by atoms with E-state index in [9.17, 15) is 4.79 Å². The summed E-state index contributed by atoms with van der Waals surface area (Å²) in [5.74, 6) is 2.14. The number of aromatic nitrogens is 1. The molecule has 0 bridgehead atoms. The highest BCUT2D eigenvalue weighted by Gasteiger charge is 2.18. The Morgan fingerprint density at radius 1 is 1.19 bits per heavy atom. The van der Waals surface area contributed by atoms with Crippen molar-refractivity contribution in [2.75, 3.05) is 26.5 Å². The number of esters is 1. The molecule has 4 rings (SSSR count). The van der Waals surface area contributed by atoms with Crippen molar-refractivity contribution in [1.82, 2.24) is 10.3 Å². The minimum Gasteiger partial charge on any atom is -0.496 e. The van der Waals surface area contributed by atoms with Crippen LogP contribution in [0.25, 0.3) is 16.5 Å². The van der Waals surface area contributed by atoms with Crippen LogP contribution in [0, 0.1) is 0 Å². The second-order valence-electron chi connectivity index (χ2n) is 7.65. The number of thioether (sulfide) groups is 1. The van der Waals surface area contributed by atoms with Crippen LogP contribution in [-0.2, 0) is 10.5 Å². The van der Waals surface area contributed by atoms with Crippen molar-refractivity contribution in [2.24, 2.45) is 0 Å². The molecular weight excluding hydrogens is 408 g/mol. The summed E-state index contributed by atoms with van der Waals surface area (Å²) in [6.07, 6.45) is 6.53. The van der Waals surface area contributed by atoms with Crippen LogP contribution in [0.4, 0.5) is 0 Å². The molecule has 2 heterocycles. The molecule has 1 atom stereocenters. The van der Waals surface area contributed by atoms with Crippen LogP contribution < -0.4 is 10.1 Å². The molecule has 5 nitrogen and oxygen atoms in total. The fraction of sp³-hybridized carbons (Fsp3) is 0.320. The third-order valence-electron chi connectivity index (χ3n) is 5.73. The van der Waals surface area contributed by atoms with E-state index in [4.69, 9.17) is 9.47 Å². The predicted molar refractivity (Wildman–Crippen MR) is 128 cm³/mol. The standard InChI is InChI=1S/C25H28N2O3S/c1-29-24-14-21-19(15-27-23(21)13-22(24)25(28)30-2)16-31-11-9-20-12-18(8-10-26-20)17-6-4-3-5-7-17/h3-8,13-15,20,26-27H,9-12,16H2,1-2H3. The first kappa shape index (κ1) is 21.5. The van der Waals surface area contributed by atoms with Crippen LogP contribution in [-0.4, -0.2) is 43.5 Å². The van der Waals surface area contributed by atoms with E-state index in [0.29, 0.717) is 17.4 Å². The second kappa shape index (κ2) is 10.1. The zero-order chi connectivity index (χ0) is 21.6. The van der Waals surface area contributed by atoms with Crippen molar-refractivity contribution in [1.29, 1.82) is 0 Å². The zero-order valence-corrected chi connectivity index (χ0v) is 18.8. The molecule has 0 amide bonds. The molecule has 162 valence electrons. The van der Waals surface area contributed by atoms with Gasteiger partial charge in [0.1, 0.15) is 11.3 Å². The van der Waals surface area contributed by atoms with Crippen LogP contribution in [0.5, 0.6) is 5.75 Å². The molecule has 1 aromatic heterocycles. The zero-order valence-electron chi connectivity index (χ0n) is 17.9. The number of fused-ring (bicyclic) bond motifs is 1. The Morgan fingerprint density at radius 2 is 2.03 bits per heavy atom. The highest BCUT2D eigenvalue weighted by Crippen LogP contribution is 2.31. The minimum atomic E-state index is -0.395. The van der Waals surface area contributed by atoms with Gasteiger partial charge in [-0.05, 0) is 47.4 Å². The molecule has 0 saturated carbocycles. The molecule has 6 heteroatoms. The highest BCUT2D eigenvalue weighted by atomic mass is 32.2. The Kier molecular flexibility index (Phi) is 6.99. The van der Waals surface area contributed by atoms with Crippen molar-refractivity contribution in [3.05, 3.63) is 71.4 Å². The minimum absolute atomic E-state index is 0.395. The topological polar surface area (TPSA) is 63.4 Å². The lowest BCUT2D eigenvalue weighted by Crippen LogP contribution is -2.33. The van der Waals surface area contributed by atoms with Gasteiger partial charge in [-0.15, -0.1) is 0 Å². The van der Waals surface area contributed by atoms with Crippen molar-refractivity contribution in [3.63, 3.8) is 0 Å². The maximum atomic E-state index is 12.0. The lowest BCUT2D eigenvalue weighted by molar-refractivity contribution is 0.0597. The maximum absolute atomic E-state index is 12.0. The first-order valence-electron chi connectivity index (χ1n) is 10.5. The number of hydrogen-bond acceptors (Lipinski definition) is 5. The highest BCUT2D eigenvalue weighted by molar-refractivity contribution is 7.98. The lowest BCUT2D eigenvalue weighted by Gasteiger charge is -2.24. The molecule has 2 N–H and O–H groups in total. The summed E-state index contributed by atoms with van der Waals surface area (Å²) in [4.78, 5) is 15.3. The lowest BCUT2D eigenvalue weighted by atomic mass is 9.94. The molecule has 0 saturated heterocycles. The second-order valence-corrected chi connectivity index (χ2v) is 8.75. The molecule has 0 spiro atoms. The van der Waals surface area contributed by atoms with E-state index < -0.39 is 5.97 Å². The van der Waals surface area contributed by atoms with Crippen LogP contribution in [0.15, 0.2) is 54.7 Å². The summed E-state index contributed by atoms with van der Waals surface area (Å²) >= 11 is 1.93. The van der Waals surface area contributed by atoms with E-state index in [1.807, 2.05) is 24.0 Å². The number of aromatic amines is 1. The van der Waals surface area contributed by atoms with Gasteiger partial charge in [0.25, 0.3) is 0 Å². The van der Waals surface area contributed by atoms with Gasteiger partial charge in [-0.3, -0.25) is 0 Å². The van der Waals surface area contributed by atoms with Gasteiger partial charge in [0, 0.05) is 35.4 Å². The number of hydrogen-bond donors (Lipinski definition) is 2. The Bertz CT molecular complexity index is 1080. The monoisotopic (exact) mass is 436 g/mol. The summed E-state index contributed by atoms with van der Waals surface area (Å²) in [6, 6.07) is 14.9. The van der Waals surface area contributed by atoms with Gasteiger partial charge in [0.15, 0.2) is 0 Å². The summed E-state index contributed by atoms with van der Waals surface area (Å²) in [7, 11) is 2.95. The molecule has 1 unspecified atom stereocenters. The van der Waals surface area contributed by atoms with Crippen LogP contribution in [0.3, 0.4) is 0 Å².